The van der Waals surface area contributed by atoms with Gasteiger partial charge in [0.25, 0.3) is 6.01 Å². The van der Waals surface area contributed by atoms with Gasteiger partial charge in [-0.3, -0.25) is 0 Å². The van der Waals surface area contributed by atoms with Gasteiger partial charge in [0.2, 0.25) is 0 Å². The van der Waals surface area contributed by atoms with Crippen LogP contribution in [0.2, 0.25) is 0 Å². The van der Waals surface area contributed by atoms with Gasteiger partial charge in [-0.1, -0.05) is 12.1 Å². The van der Waals surface area contributed by atoms with Gasteiger partial charge in [0.15, 0.2) is 0 Å². The van der Waals surface area contributed by atoms with Crippen molar-refractivity contribution in [2.45, 2.75) is 0 Å². The number of hydrogen-bond acceptors (Lipinski definition) is 3. The van der Waals surface area contributed by atoms with Gasteiger partial charge in [0, 0.05) is 0 Å². The molecular formula is C14H12N2O2. The van der Waals surface area contributed by atoms with Gasteiger partial charge in [0.05, 0.1) is 18.1 Å². The molecular weight excluding hydrogens is 228 g/mol. The topological polar surface area (TPSA) is 47.1 Å². The van der Waals surface area contributed by atoms with E-state index in [1.165, 1.54) is 0 Å². The second-order valence-corrected chi connectivity index (χ2v) is 3.84. The van der Waals surface area contributed by atoms with Crippen molar-refractivity contribution in [3.8, 4) is 17.5 Å². The number of H-pyrrole nitrogens is 1. The molecule has 0 atom stereocenters. The Kier molecular flexibility index (Phi) is 2.61. The Labute approximate surface area is 104 Å². The number of hydrogen-bond donors (Lipinski definition) is 1. The van der Waals surface area contributed by atoms with Gasteiger partial charge in [-0.25, -0.2) is 0 Å². The van der Waals surface area contributed by atoms with E-state index in [1.54, 1.807) is 7.11 Å². The van der Waals surface area contributed by atoms with Gasteiger partial charge in [0.1, 0.15) is 11.5 Å². The Bertz CT molecular complexity index is 626. The quantitative estimate of drug-likeness (QED) is 0.763. The molecule has 1 heterocycles. The van der Waals surface area contributed by atoms with Crippen molar-refractivity contribution in [3.63, 3.8) is 0 Å². The summed E-state index contributed by atoms with van der Waals surface area (Å²) in [5, 5.41) is 0. The van der Waals surface area contributed by atoms with E-state index in [9.17, 15) is 0 Å². The fourth-order valence-electron chi connectivity index (χ4n) is 1.73. The van der Waals surface area contributed by atoms with Gasteiger partial charge in [-0.15, -0.1) is 0 Å². The van der Waals surface area contributed by atoms with Crippen molar-refractivity contribution in [1.82, 2.24) is 9.97 Å². The normalized spacial score (nSPS) is 10.5. The predicted octanol–water partition coefficient (Wildman–Crippen LogP) is 3.36. The van der Waals surface area contributed by atoms with E-state index in [4.69, 9.17) is 9.47 Å². The minimum Gasteiger partial charge on any atom is -0.497 e. The number of aromatic nitrogens is 2. The van der Waals surface area contributed by atoms with Crippen molar-refractivity contribution < 1.29 is 9.47 Å². The molecule has 0 radical (unpaired) electrons. The van der Waals surface area contributed by atoms with Crippen LogP contribution in [-0.2, 0) is 0 Å². The highest BCUT2D eigenvalue weighted by atomic mass is 16.5. The summed E-state index contributed by atoms with van der Waals surface area (Å²) >= 11 is 0. The maximum Gasteiger partial charge on any atom is 0.300 e. The van der Waals surface area contributed by atoms with E-state index >= 15 is 0 Å². The molecule has 18 heavy (non-hydrogen) atoms. The van der Waals surface area contributed by atoms with Crippen LogP contribution in [0.5, 0.6) is 17.5 Å². The van der Waals surface area contributed by atoms with Crippen LogP contribution in [0.15, 0.2) is 48.5 Å². The molecule has 0 spiro atoms. The van der Waals surface area contributed by atoms with E-state index in [-0.39, 0.29) is 0 Å². The van der Waals surface area contributed by atoms with E-state index in [1.807, 2.05) is 48.5 Å². The number of para-hydroxylation sites is 2. The zero-order chi connectivity index (χ0) is 12.4. The first-order chi connectivity index (χ1) is 8.85. The van der Waals surface area contributed by atoms with Crippen LogP contribution in [0.25, 0.3) is 11.0 Å². The molecule has 0 unspecified atom stereocenters. The highest BCUT2D eigenvalue weighted by Crippen LogP contribution is 2.23. The van der Waals surface area contributed by atoms with Gasteiger partial charge in [-0.05, 0) is 36.4 Å². The molecule has 0 amide bonds. The lowest BCUT2D eigenvalue weighted by Crippen LogP contribution is -1.86. The predicted molar refractivity (Wildman–Crippen MR) is 69.2 cm³/mol. The lowest BCUT2D eigenvalue weighted by Gasteiger charge is -2.02. The summed E-state index contributed by atoms with van der Waals surface area (Å²) in [6, 6.07) is 15.7. The van der Waals surface area contributed by atoms with Crippen molar-refractivity contribution in [2.75, 3.05) is 7.11 Å². The number of rotatable bonds is 3. The minimum atomic E-state index is 0.487. The maximum atomic E-state index is 5.64. The molecule has 0 aliphatic rings. The van der Waals surface area contributed by atoms with E-state index in [0.717, 1.165) is 22.5 Å². The van der Waals surface area contributed by atoms with Gasteiger partial charge >= 0.3 is 0 Å². The lowest BCUT2D eigenvalue weighted by atomic mass is 10.3. The second kappa shape index (κ2) is 4.41. The molecule has 3 aromatic rings. The average molecular weight is 240 g/mol. The molecule has 4 nitrogen and oxygen atoms in total. The molecule has 0 saturated carbocycles. The highest BCUT2D eigenvalue weighted by molar-refractivity contribution is 5.75. The van der Waals surface area contributed by atoms with Crippen molar-refractivity contribution in [1.29, 1.82) is 0 Å². The summed E-state index contributed by atoms with van der Waals surface area (Å²) in [7, 11) is 1.63. The largest absolute Gasteiger partial charge is 0.497 e. The lowest BCUT2D eigenvalue weighted by molar-refractivity contribution is 0.411. The molecule has 0 saturated heterocycles. The molecule has 1 N–H and O–H groups in total. The standard InChI is InChI=1S/C14H12N2O2/c1-17-10-6-8-11(9-7-10)18-14-15-12-4-2-3-5-13(12)16-14/h2-9H,1H3,(H,15,16). The number of benzene rings is 2. The number of nitrogens with one attached hydrogen (secondary N) is 1. The summed E-state index contributed by atoms with van der Waals surface area (Å²) in [4.78, 5) is 7.45. The van der Waals surface area contributed by atoms with E-state index in [0.29, 0.717) is 6.01 Å². The molecule has 4 heteroatoms. The summed E-state index contributed by atoms with van der Waals surface area (Å²) in [5.41, 5.74) is 1.85. The maximum absolute atomic E-state index is 5.64. The first-order valence-electron chi connectivity index (χ1n) is 5.62. The monoisotopic (exact) mass is 240 g/mol. The van der Waals surface area contributed by atoms with Crippen LogP contribution in [-0.4, -0.2) is 17.1 Å². The van der Waals surface area contributed by atoms with Crippen molar-refractivity contribution >= 4 is 11.0 Å². The van der Waals surface area contributed by atoms with Crippen LogP contribution in [0, 0.1) is 0 Å². The molecule has 1 aromatic heterocycles. The van der Waals surface area contributed by atoms with E-state index in [2.05, 4.69) is 9.97 Å². The fourth-order valence-corrected chi connectivity index (χ4v) is 1.73. The van der Waals surface area contributed by atoms with Gasteiger partial charge in [-0.2, -0.15) is 4.98 Å². The molecule has 0 aliphatic carbocycles. The first kappa shape index (κ1) is 10.7. The van der Waals surface area contributed by atoms with Crippen LogP contribution in [0.3, 0.4) is 0 Å². The fraction of sp³-hybridized carbons (Fsp3) is 0.0714. The number of methoxy groups -OCH3 is 1. The number of imidazole rings is 1. The number of fused-ring (bicyclic) bond motifs is 1. The molecule has 3 rings (SSSR count). The third kappa shape index (κ3) is 2.00. The third-order valence-electron chi connectivity index (χ3n) is 2.64. The first-order valence-corrected chi connectivity index (χ1v) is 5.62. The van der Waals surface area contributed by atoms with Crippen LogP contribution < -0.4 is 9.47 Å². The molecule has 0 fully saturated rings. The number of nitrogens with zero attached hydrogens (tertiary/aromatic N) is 1. The van der Waals surface area contributed by atoms with Crippen LogP contribution >= 0.6 is 0 Å². The second-order valence-electron chi connectivity index (χ2n) is 3.84. The molecule has 2 aromatic carbocycles. The Balaban J connectivity index is 1.86. The molecule has 90 valence electrons. The number of aromatic amines is 1. The Morgan fingerprint density at radius 2 is 1.67 bits per heavy atom. The van der Waals surface area contributed by atoms with Crippen molar-refractivity contribution in [2.24, 2.45) is 0 Å². The Hall–Kier alpha value is -2.49. The summed E-state index contributed by atoms with van der Waals surface area (Å²) in [5.74, 6) is 1.52. The van der Waals surface area contributed by atoms with E-state index < -0.39 is 0 Å². The average Bonchev–Trinajstić information content (AvgIpc) is 2.82. The SMILES string of the molecule is COc1ccc(Oc2nc3ccccc3[nH]2)cc1. The minimum absolute atomic E-state index is 0.487. The summed E-state index contributed by atoms with van der Waals surface area (Å²) in [6.07, 6.45) is 0. The van der Waals surface area contributed by atoms with Crippen LogP contribution in [0.4, 0.5) is 0 Å². The molecule has 0 bridgehead atoms. The summed E-state index contributed by atoms with van der Waals surface area (Å²) < 4.78 is 10.7. The Morgan fingerprint density at radius 3 is 2.39 bits per heavy atom. The van der Waals surface area contributed by atoms with Gasteiger partial charge < -0.3 is 14.5 Å². The third-order valence-corrected chi connectivity index (χ3v) is 2.64. The number of ether oxygens (including phenoxy) is 2. The zero-order valence-electron chi connectivity index (χ0n) is 9.88. The zero-order valence-corrected chi connectivity index (χ0v) is 9.88. The smallest absolute Gasteiger partial charge is 0.300 e. The molecule has 0 aliphatic heterocycles. The summed E-state index contributed by atoms with van der Waals surface area (Å²) in [6.45, 7) is 0. The Morgan fingerprint density at radius 1 is 0.944 bits per heavy atom. The van der Waals surface area contributed by atoms with Crippen LogP contribution in [0.1, 0.15) is 0 Å². The van der Waals surface area contributed by atoms with Crippen molar-refractivity contribution in [3.05, 3.63) is 48.5 Å². The highest BCUT2D eigenvalue weighted by Gasteiger charge is 2.04.